The Morgan fingerprint density at radius 2 is 1.14 bits per heavy atom. The number of ether oxygens (including phenoxy) is 2. The largest absolute Gasteiger partial charge is 0.465 e. The Labute approximate surface area is 136 Å². The fourth-order valence-corrected chi connectivity index (χ4v) is 1.77. The van der Waals surface area contributed by atoms with Crippen LogP contribution in [0, 0.1) is 5.92 Å². The van der Waals surface area contributed by atoms with Crippen LogP contribution in [0.1, 0.15) is 86.0 Å². The molecule has 0 aromatic rings. The van der Waals surface area contributed by atoms with E-state index < -0.39 is 17.9 Å². The van der Waals surface area contributed by atoms with E-state index in [0.717, 1.165) is 19.3 Å². The lowest BCUT2D eigenvalue weighted by Gasteiger charge is -2.14. The second-order valence-electron chi connectivity index (χ2n) is 5.26. The second-order valence-corrected chi connectivity index (χ2v) is 5.26. The van der Waals surface area contributed by atoms with Crippen molar-refractivity contribution < 1.29 is 19.1 Å². The zero-order chi connectivity index (χ0) is 17.2. The quantitative estimate of drug-likeness (QED) is 0.309. The molecule has 0 aromatic carbocycles. The van der Waals surface area contributed by atoms with Crippen molar-refractivity contribution in [3.05, 3.63) is 0 Å². The van der Waals surface area contributed by atoms with E-state index in [2.05, 4.69) is 20.8 Å². The van der Waals surface area contributed by atoms with Gasteiger partial charge in [-0.25, -0.2) is 0 Å². The summed E-state index contributed by atoms with van der Waals surface area (Å²) < 4.78 is 9.82. The third-order valence-electron chi connectivity index (χ3n) is 3.24. The molecule has 0 radical (unpaired) electrons. The lowest BCUT2D eigenvalue weighted by molar-refractivity contribution is -0.161. The summed E-state index contributed by atoms with van der Waals surface area (Å²) in [5.74, 6) is -1.65. The molecule has 0 spiro atoms. The third-order valence-corrected chi connectivity index (χ3v) is 3.24. The number of rotatable bonds is 11. The molecule has 4 heteroatoms. The van der Waals surface area contributed by atoms with Crippen LogP contribution in [0.5, 0.6) is 0 Å². The van der Waals surface area contributed by atoms with Gasteiger partial charge in [0.05, 0.1) is 13.2 Å². The normalized spacial score (nSPS) is 9.91. The van der Waals surface area contributed by atoms with E-state index in [1.807, 2.05) is 0 Å². The summed E-state index contributed by atoms with van der Waals surface area (Å²) in [6.45, 7) is 10.6. The van der Waals surface area contributed by atoms with E-state index in [1.165, 1.54) is 25.7 Å². The first-order chi connectivity index (χ1) is 10.6. The monoisotopic (exact) mass is 316 g/mol. The van der Waals surface area contributed by atoms with Crippen molar-refractivity contribution in [1.82, 2.24) is 0 Å². The van der Waals surface area contributed by atoms with Crippen molar-refractivity contribution >= 4 is 11.9 Å². The maximum atomic E-state index is 11.7. The SMILES string of the molecule is CCCC.CCCCCCCC(C(=O)OCC)C(=O)OCC. The van der Waals surface area contributed by atoms with Gasteiger partial charge in [0.1, 0.15) is 0 Å². The van der Waals surface area contributed by atoms with Crippen LogP contribution >= 0.6 is 0 Å². The van der Waals surface area contributed by atoms with Gasteiger partial charge in [0.15, 0.2) is 5.92 Å². The van der Waals surface area contributed by atoms with Crippen molar-refractivity contribution in [2.24, 2.45) is 5.92 Å². The molecular formula is C18H36O4. The van der Waals surface area contributed by atoms with Crippen LogP contribution in [0.2, 0.25) is 0 Å². The van der Waals surface area contributed by atoms with Crippen LogP contribution < -0.4 is 0 Å². The summed E-state index contributed by atoms with van der Waals surface area (Å²) in [4.78, 5) is 23.3. The van der Waals surface area contributed by atoms with E-state index in [4.69, 9.17) is 9.47 Å². The zero-order valence-corrected chi connectivity index (χ0v) is 15.3. The Kier molecular flexibility index (Phi) is 19.0. The van der Waals surface area contributed by atoms with Crippen molar-refractivity contribution in [2.75, 3.05) is 13.2 Å². The van der Waals surface area contributed by atoms with Crippen LogP contribution in [0.25, 0.3) is 0 Å². The summed E-state index contributed by atoms with van der Waals surface area (Å²) in [5, 5.41) is 0. The molecule has 0 rings (SSSR count). The molecule has 132 valence electrons. The number of unbranched alkanes of at least 4 members (excludes halogenated alkanes) is 5. The van der Waals surface area contributed by atoms with Crippen molar-refractivity contribution in [2.45, 2.75) is 86.0 Å². The lowest BCUT2D eigenvalue weighted by atomic mass is 10.0. The summed E-state index contributed by atoms with van der Waals surface area (Å²) in [5.41, 5.74) is 0. The highest BCUT2D eigenvalue weighted by Gasteiger charge is 2.28. The van der Waals surface area contributed by atoms with Gasteiger partial charge >= 0.3 is 11.9 Å². The third kappa shape index (κ3) is 13.9. The maximum Gasteiger partial charge on any atom is 0.320 e. The minimum Gasteiger partial charge on any atom is -0.465 e. The van der Waals surface area contributed by atoms with E-state index in [9.17, 15) is 9.59 Å². The van der Waals surface area contributed by atoms with Crippen molar-refractivity contribution in [3.63, 3.8) is 0 Å². The van der Waals surface area contributed by atoms with E-state index in [-0.39, 0.29) is 0 Å². The first-order valence-corrected chi connectivity index (χ1v) is 8.91. The molecule has 0 heterocycles. The fraction of sp³-hybridized carbons (Fsp3) is 0.889. The Hall–Kier alpha value is -1.06. The average Bonchev–Trinajstić information content (AvgIpc) is 2.51. The Bertz CT molecular complexity index is 244. The molecule has 0 N–H and O–H groups in total. The first-order valence-electron chi connectivity index (χ1n) is 8.91. The molecule has 22 heavy (non-hydrogen) atoms. The number of hydrogen-bond acceptors (Lipinski definition) is 4. The number of hydrogen-bond donors (Lipinski definition) is 0. The summed E-state index contributed by atoms with van der Waals surface area (Å²) >= 11 is 0. The van der Waals surface area contributed by atoms with Gasteiger partial charge in [-0.1, -0.05) is 65.7 Å². The van der Waals surface area contributed by atoms with Crippen LogP contribution in [0.3, 0.4) is 0 Å². The molecule has 0 saturated heterocycles. The number of esters is 2. The average molecular weight is 316 g/mol. The van der Waals surface area contributed by atoms with Crippen LogP contribution in [-0.2, 0) is 19.1 Å². The van der Waals surface area contributed by atoms with E-state index >= 15 is 0 Å². The van der Waals surface area contributed by atoms with Gasteiger partial charge < -0.3 is 9.47 Å². The highest BCUT2D eigenvalue weighted by Crippen LogP contribution is 2.15. The van der Waals surface area contributed by atoms with Gasteiger partial charge in [0.25, 0.3) is 0 Å². The molecule has 0 aliphatic rings. The summed E-state index contributed by atoms with van der Waals surface area (Å²) in [7, 11) is 0. The molecule has 0 aromatic heterocycles. The Morgan fingerprint density at radius 1 is 0.682 bits per heavy atom. The van der Waals surface area contributed by atoms with Gasteiger partial charge in [0, 0.05) is 0 Å². The number of carbonyl (C=O) groups excluding carboxylic acids is 2. The minimum atomic E-state index is -0.744. The molecular weight excluding hydrogens is 280 g/mol. The minimum absolute atomic E-state index is 0.296. The maximum absolute atomic E-state index is 11.7. The molecule has 0 atom stereocenters. The molecule has 0 saturated carbocycles. The molecule has 0 fully saturated rings. The van der Waals surface area contributed by atoms with Gasteiger partial charge in [-0.3, -0.25) is 9.59 Å². The highest BCUT2D eigenvalue weighted by atomic mass is 16.6. The van der Waals surface area contributed by atoms with Gasteiger partial charge in [-0.2, -0.15) is 0 Å². The molecule has 0 bridgehead atoms. The predicted molar refractivity (Wildman–Crippen MR) is 90.7 cm³/mol. The molecule has 4 nitrogen and oxygen atoms in total. The molecule has 0 unspecified atom stereocenters. The highest BCUT2D eigenvalue weighted by molar-refractivity contribution is 5.94. The standard InChI is InChI=1S/C14H26O4.C4H10/c1-4-7-8-9-10-11-12(13(15)17-5-2)14(16)18-6-3;1-3-4-2/h12H,4-11H2,1-3H3;3-4H2,1-2H3. The Balaban J connectivity index is 0. The van der Waals surface area contributed by atoms with Crippen LogP contribution in [-0.4, -0.2) is 25.2 Å². The summed E-state index contributed by atoms with van der Waals surface area (Å²) in [6, 6.07) is 0. The zero-order valence-electron chi connectivity index (χ0n) is 15.3. The molecule has 0 aliphatic carbocycles. The van der Waals surface area contributed by atoms with E-state index in [0.29, 0.717) is 19.6 Å². The van der Waals surface area contributed by atoms with Gasteiger partial charge in [0.2, 0.25) is 0 Å². The smallest absolute Gasteiger partial charge is 0.320 e. The number of carbonyl (C=O) groups is 2. The second kappa shape index (κ2) is 18.0. The van der Waals surface area contributed by atoms with E-state index in [1.54, 1.807) is 13.8 Å². The van der Waals surface area contributed by atoms with Crippen LogP contribution in [0.15, 0.2) is 0 Å². The predicted octanol–water partition coefficient (Wildman–Crippen LogP) is 4.90. The first kappa shape index (κ1) is 23.2. The Morgan fingerprint density at radius 3 is 1.50 bits per heavy atom. The van der Waals surface area contributed by atoms with Crippen molar-refractivity contribution in [1.29, 1.82) is 0 Å². The van der Waals surface area contributed by atoms with Gasteiger partial charge in [-0.15, -0.1) is 0 Å². The topological polar surface area (TPSA) is 52.6 Å². The van der Waals surface area contributed by atoms with Crippen molar-refractivity contribution in [3.8, 4) is 0 Å². The summed E-state index contributed by atoms with van der Waals surface area (Å²) in [6.07, 6.45) is 8.60. The fourth-order valence-electron chi connectivity index (χ4n) is 1.77. The molecule has 0 aliphatic heterocycles. The molecule has 0 amide bonds. The van der Waals surface area contributed by atoms with Crippen LogP contribution in [0.4, 0.5) is 0 Å². The van der Waals surface area contributed by atoms with Gasteiger partial charge in [-0.05, 0) is 20.3 Å². The lowest BCUT2D eigenvalue weighted by Crippen LogP contribution is -2.28.